The highest BCUT2D eigenvalue weighted by atomic mass is 19.4. The van der Waals surface area contributed by atoms with Crippen LogP contribution in [0.2, 0.25) is 0 Å². The first-order valence-electron chi connectivity index (χ1n) is 9.95. The second-order valence-electron chi connectivity index (χ2n) is 8.61. The largest absolute Gasteiger partial charge is 0.418 e. The maximum absolute atomic E-state index is 13.5. The average molecular weight is 441 g/mol. The van der Waals surface area contributed by atoms with Crippen molar-refractivity contribution in [3.05, 3.63) is 60.4 Å². The zero-order valence-electron chi connectivity index (χ0n) is 18.0. The number of halogens is 3. The Morgan fingerprint density at radius 1 is 1.03 bits per heavy atom. The van der Waals surface area contributed by atoms with Crippen molar-refractivity contribution in [3.8, 4) is 22.6 Å². The zero-order valence-corrected chi connectivity index (χ0v) is 18.0. The average Bonchev–Trinajstić information content (AvgIpc) is 3.31. The zero-order chi connectivity index (χ0) is 23.3. The van der Waals surface area contributed by atoms with Crippen LogP contribution in [0.25, 0.3) is 28.3 Å². The summed E-state index contributed by atoms with van der Waals surface area (Å²) in [5, 5.41) is 6.99. The summed E-state index contributed by atoms with van der Waals surface area (Å²) in [6.45, 7) is 4.91. The lowest BCUT2D eigenvalue weighted by Crippen LogP contribution is -2.28. The normalized spacial score (nSPS) is 12.3. The number of amides is 1. The maximum Gasteiger partial charge on any atom is 0.418 e. The number of aromatic nitrogens is 4. The highest BCUT2D eigenvalue weighted by Gasteiger charge is 2.35. The highest BCUT2D eigenvalue weighted by molar-refractivity contribution is 5.96. The number of carbonyl (C=O) groups excluding carboxylic acids is 1. The van der Waals surface area contributed by atoms with E-state index in [9.17, 15) is 18.0 Å². The number of nitrogens with one attached hydrogen (secondary N) is 1. The molecule has 0 atom stereocenters. The summed E-state index contributed by atoms with van der Waals surface area (Å²) in [4.78, 5) is 16.9. The first-order valence-corrected chi connectivity index (χ1v) is 9.95. The van der Waals surface area contributed by atoms with E-state index in [0.717, 1.165) is 17.5 Å². The molecule has 0 aliphatic carbocycles. The van der Waals surface area contributed by atoms with E-state index in [1.807, 2.05) is 36.0 Å². The minimum absolute atomic E-state index is 0.301. The van der Waals surface area contributed by atoms with Crippen LogP contribution in [0.15, 0.2) is 54.9 Å². The summed E-state index contributed by atoms with van der Waals surface area (Å²) in [5.41, 5.74) is 1.03. The molecule has 32 heavy (non-hydrogen) atoms. The van der Waals surface area contributed by atoms with E-state index in [2.05, 4.69) is 15.4 Å². The molecule has 0 unspecified atom stereocenters. The Morgan fingerprint density at radius 3 is 2.41 bits per heavy atom. The van der Waals surface area contributed by atoms with Gasteiger partial charge in [-0.05, 0) is 36.4 Å². The first kappa shape index (κ1) is 21.6. The molecule has 0 bridgehead atoms. The Hall–Kier alpha value is -3.62. The molecule has 6 nitrogen and oxygen atoms in total. The van der Waals surface area contributed by atoms with Gasteiger partial charge in [0.25, 0.3) is 0 Å². The summed E-state index contributed by atoms with van der Waals surface area (Å²) in [6, 6.07) is 11.1. The Bertz CT molecular complexity index is 1310. The van der Waals surface area contributed by atoms with Crippen LogP contribution in [0.4, 0.5) is 18.9 Å². The molecular weight excluding hydrogens is 419 g/mol. The number of hydrogen-bond acceptors (Lipinski definition) is 3. The lowest BCUT2D eigenvalue weighted by atomic mass is 9.95. The van der Waals surface area contributed by atoms with Crippen molar-refractivity contribution >= 4 is 17.2 Å². The van der Waals surface area contributed by atoms with Crippen molar-refractivity contribution in [2.75, 3.05) is 5.32 Å². The van der Waals surface area contributed by atoms with Gasteiger partial charge in [0.05, 0.1) is 28.8 Å². The molecule has 1 N–H and O–H groups in total. The van der Waals surface area contributed by atoms with Crippen LogP contribution in [0.1, 0.15) is 26.3 Å². The lowest BCUT2D eigenvalue weighted by Gasteiger charge is -2.20. The molecule has 0 aliphatic heterocycles. The Morgan fingerprint density at radius 2 is 1.78 bits per heavy atom. The van der Waals surface area contributed by atoms with Gasteiger partial charge in [0.15, 0.2) is 5.65 Å². The number of aryl methyl sites for hydroxylation is 1. The highest BCUT2D eigenvalue weighted by Crippen LogP contribution is 2.37. The minimum Gasteiger partial charge on any atom is -0.349 e. The number of rotatable bonds is 3. The molecule has 0 fully saturated rings. The summed E-state index contributed by atoms with van der Waals surface area (Å²) >= 11 is 0. The predicted octanol–water partition coefficient (Wildman–Crippen LogP) is 5.41. The molecule has 0 aliphatic rings. The van der Waals surface area contributed by atoms with Gasteiger partial charge in [0.1, 0.15) is 5.69 Å². The standard InChI is InChI=1S/C23H22F3N5O/c1-22(2,3)21(32)28-17-12-14(7-8-15(17)23(24,25)26)18-13-31-20(27-18)10-9-16(29-31)19-6-5-11-30(19)4/h5-13H,1-4H3,(H,28,32). The van der Waals surface area contributed by atoms with Crippen LogP contribution in [0.5, 0.6) is 0 Å². The van der Waals surface area contributed by atoms with Gasteiger partial charge < -0.3 is 9.88 Å². The predicted molar refractivity (Wildman–Crippen MR) is 116 cm³/mol. The Balaban J connectivity index is 1.76. The van der Waals surface area contributed by atoms with E-state index in [4.69, 9.17) is 0 Å². The van der Waals surface area contributed by atoms with Gasteiger partial charge in [-0.1, -0.05) is 26.8 Å². The van der Waals surface area contributed by atoms with Crippen LogP contribution >= 0.6 is 0 Å². The number of alkyl halides is 3. The van der Waals surface area contributed by atoms with Crippen molar-refractivity contribution in [3.63, 3.8) is 0 Å². The number of benzene rings is 1. The van der Waals surface area contributed by atoms with Gasteiger partial charge in [-0.3, -0.25) is 4.79 Å². The Labute approximate surface area is 182 Å². The van der Waals surface area contributed by atoms with Gasteiger partial charge in [0, 0.05) is 24.2 Å². The molecule has 1 aromatic carbocycles. The third kappa shape index (κ3) is 4.10. The van der Waals surface area contributed by atoms with Crippen molar-refractivity contribution in [2.24, 2.45) is 12.5 Å². The molecule has 3 aromatic heterocycles. The van der Waals surface area contributed by atoms with Gasteiger partial charge in [-0.2, -0.15) is 18.3 Å². The molecule has 0 saturated heterocycles. The molecule has 3 heterocycles. The third-order valence-electron chi connectivity index (χ3n) is 5.08. The number of hydrogen-bond donors (Lipinski definition) is 1. The third-order valence-corrected chi connectivity index (χ3v) is 5.08. The van der Waals surface area contributed by atoms with Crippen LogP contribution in [-0.4, -0.2) is 25.1 Å². The summed E-state index contributed by atoms with van der Waals surface area (Å²) in [7, 11) is 1.91. The number of carbonyl (C=O) groups is 1. The van der Waals surface area contributed by atoms with E-state index in [0.29, 0.717) is 16.9 Å². The van der Waals surface area contributed by atoms with Crippen molar-refractivity contribution < 1.29 is 18.0 Å². The van der Waals surface area contributed by atoms with Gasteiger partial charge >= 0.3 is 6.18 Å². The molecule has 0 saturated carbocycles. The van der Waals surface area contributed by atoms with E-state index in [1.54, 1.807) is 37.5 Å². The van der Waals surface area contributed by atoms with Crippen LogP contribution in [0, 0.1) is 5.41 Å². The fraction of sp³-hybridized carbons (Fsp3) is 0.261. The monoisotopic (exact) mass is 441 g/mol. The molecule has 0 spiro atoms. The van der Waals surface area contributed by atoms with Gasteiger partial charge in [-0.15, -0.1) is 0 Å². The molecule has 9 heteroatoms. The van der Waals surface area contributed by atoms with Crippen molar-refractivity contribution in [1.29, 1.82) is 0 Å². The number of anilines is 1. The molecule has 1 amide bonds. The molecule has 166 valence electrons. The van der Waals surface area contributed by atoms with Crippen LogP contribution in [-0.2, 0) is 18.0 Å². The second kappa shape index (κ2) is 7.51. The smallest absolute Gasteiger partial charge is 0.349 e. The summed E-state index contributed by atoms with van der Waals surface area (Å²) in [5.74, 6) is -0.510. The van der Waals surface area contributed by atoms with Crippen molar-refractivity contribution in [1.82, 2.24) is 19.2 Å². The van der Waals surface area contributed by atoms with E-state index >= 15 is 0 Å². The molecular formula is C23H22F3N5O. The van der Waals surface area contributed by atoms with E-state index in [1.165, 1.54) is 12.1 Å². The fourth-order valence-corrected chi connectivity index (χ4v) is 3.25. The number of imidazole rings is 1. The van der Waals surface area contributed by atoms with Crippen molar-refractivity contribution in [2.45, 2.75) is 26.9 Å². The first-order chi connectivity index (χ1) is 14.9. The van der Waals surface area contributed by atoms with Gasteiger partial charge in [-0.25, -0.2) is 9.50 Å². The summed E-state index contributed by atoms with van der Waals surface area (Å²) < 4.78 is 44.1. The SMILES string of the molecule is Cn1cccc1-c1ccc2nc(-c3ccc(C(F)(F)F)c(NC(=O)C(C)(C)C)c3)cn2n1. The number of fused-ring (bicyclic) bond motifs is 1. The van der Waals surface area contributed by atoms with E-state index < -0.39 is 23.1 Å². The quantitative estimate of drug-likeness (QED) is 0.463. The lowest BCUT2D eigenvalue weighted by molar-refractivity contribution is -0.137. The summed E-state index contributed by atoms with van der Waals surface area (Å²) in [6.07, 6.45) is -1.04. The topological polar surface area (TPSA) is 64.2 Å². The van der Waals surface area contributed by atoms with E-state index in [-0.39, 0.29) is 5.69 Å². The molecule has 0 radical (unpaired) electrons. The van der Waals surface area contributed by atoms with Crippen LogP contribution in [0.3, 0.4) is 0 Å². The number of nitrogens with zero attached hydrogens (tertiary/aromatic N) is 4. The fourth-order valence-electron chi connectivity index (χ4n) is 3.25. The maximum atomic E-state index is 13.5. The minimum atomic E-state index is -4.61. The molecule has 4 aromatic rings. The van der Waals surface area contributed by atoms with Crippen LogP contribution < -0.4 is 5.32 Å². The molecule has 4 rings (SSSR count). The second-order valence-corrected chi connectivity index (χ2v) is 8.61. The Kier molecular flexibility index (Phi) is 5.07. The van der Waals surface area contributed by atoms with Gasteiger partial charge in [0.2, 0.25) is 5.91 Å².